The number of carbonyl (C=O) groups is 1. The molecule has 4 nitrogen and oxygen atoms in total. The Morgan fingerprint density at radius 2 is 2.17 bits per heavy atom. The summed E-state index contributed by atoms with van der Waals surface area (Å²) in [4.78, 5) is 11.6. The van der Waals surface area contributed by atoms with E-state index in [0.717, 1.165) is 12.1 Å². The van der Waals surface area contributed by atoms with Crippen molar-refractivity contribution in [3.63, 3.8) is 0 Å². The molecule has 0 spiro atoms. The monoisotopic (exact) mass is 355 g/mol. The van der Waals surface area contributed by atoms with Gasteiger partial charge in [-0.15, -0.1) is 6.58 Å². The summed E-state index contributed by atoms with van der Waals surface area (Å²) in [7, 11) is -3.86. The summed E-state index contributed by atoms with van der Waals surface area (Å²) in [5, 5.41) is -0.288. The van der Waals surface area contributed by atoms with Crippen LogP contribution in [0.15, 0.2) is 29.3 Å². The van der Waals surface area contributed by atoms with Gasteiger partial charge in [0.15, 0.2) is 5.82 Å². The van der Waals surface area contributed by atoms with Gasteiger partial charge in [0.1, 0.15) is 0 Å². The molecule has 0 aromatic heterocycles. The van der Waals surface area contributed by atoms with E-state index in [4.69, 9.17) is 11.6 Å². The van der Waals surface area contributed by atoms with Crippen LogP contribution in [0.3, 0.4) is 0 Å². The van der Waals surface area contributed by atoms with E-state index in [2.05, 4.69) is 22.5 Å². The molecule has 1 amide bonds. The average Bonchev–Trinajstić information content (AvgIpc) is 2.25. The van der Waals surface area contributed by atoms with Gasteiger partial charge < -0.3 is 0 Å². The van der Waals surface area contributed by atoms with Crippen molar-refractivity contribution in [3.8, 4) is 0 Å². The molecular weight excluding hydrogens is 349 g/mol. The molecule has 0 bridgehead atoms. The average molecular weight is 357 g/mol. The van der Waals surface area contributed by atoms with Crippen LogP contribution in [-0.4, -0.2) is 20.1 Å². The SMILES string of the molecule is C=CCS(=O)(=O)NC(=O)c1ccc(Br)c(Cl)c1F. The zero-order valence-corrected chi connectivity index (χ0v) is 12.1. The highest BCUT2D eigenvalue weighted by Gasteiger charge is 2.20. The Kier molecular flexibility index (Phi) is 4.89. The van der Waals surface area contributed by atoms with Gasteiger partial charge >= 0.3 is 0 Å². The lowest BCUT2D eigenvalue weighted by molar-refractivity contribution is 0.0977. The number of sulfonamides is 1. The van der Waals surface area contributed by atoms with E-state index in [9.17, 15) is 17.6 Å². The summed E-state index contributed by atoms with van der Waals surface area (Å²) in [6, 6.07) is 2.48. The highest BCUT2D eigenvalue weighted by molar-refractivity contribution is 9.10. The van der Waals surface area contributed by atoms with E-state index in [1.165, 1.54) is 6.07 Å². The van der Waals surface area contributed by atoms with Crippen LogP contribution >= 0.6 is 27.5 Å². The van der Waals surface area contributed by atoms with Crippen molar-refractivity contribution in [3.05, 3.63) is 45.7 Å². The van der Waals surface area contributed by atoms with Crippen molar-refractivity contribution >= 4 is 43.5 Å². The molecule has 1 aromatic rings. The minimum absolute atomic E-state index is 0.271. The van der Waals surface area contributed by atoms with Gasteiger partial charge in [-0.1, -0.05) is 17.7 Å². The minimum atomic E-state index is -3.86. The third-order valence-corrected chi connectivity index (χ3v) is 4.29. The Morgan fingerprint density at radius 1 is 1.56 bits per heavy atom. The lowest BCUT2D eigenvalue weighted by Gasteiger charge is -2.07. The number of hydrogen-bond donors (Lipinski definition) is 1. The molecule has 98 valence electrons. The number of carbonyl (C=O) groups excluding carboxylic acids is 1. The van der Waals surface area contributed by atoms with Crippen molar-refractivity contribution in [2.45, 2.75) is 0 Å². The summed E-state index contributed by atoms with van der Waals surface area (Å²) in [5.74, 6) is -2.51. The van der Waals surface area contributed by atoms with Crippen LogP contribution in [0.4, 0.5) is 4.39 Å². The Bertz CT molecular complexity index is 603. The summed E-state index contributed by atoms with van der Waals surface area (Å²) < 4.78 is 38.2. The molecule has 1 aromatic carbocycles. The predicted octanol–water partition coefficient (Wildman–Crippen LogP) is 2.49. The van der Waals surface area contributed by atoms with Gasteiger partial charge in [-0.3, -0.25) is 4.79 Å². The van der Waals surface area contributed by atoms with Gasteiger partial charge in [0.2, 0.25) is 10.0 Å². The third kappa shape index (κ3) is 3.54. The molecule has 0 saturated heterocycles. The van der Waals surface area contributed by atoms with Gasteiger partial charge in [0.05, 0.1) is 16.3 Å². The fraction of sp³-hybridized carbons (Fsp3) is 0.100. The molecule has 0 atom stereocenters. The van der Waals surface area contributed by atoms with Crippen molar-refractivity contribution in [2.75, 3.05) is 5.75 Å². The summed E-state index contributed by atoms with van der Waals surface area (Å²) in [6.45, 7) is 3.24. The van der Waals surface area contributed by atoms with Crippen molar-refractivity contribution < 1.29 is 17.6 Å². The molecule has 0 aliphatic rings. The maximum Gasteiger partial charge on any atom is 0.267 e. The first-order chi connectivity index (χ1) is 8.28. The van der Waals surface area contributed by atoms with E-state index in [1.807, 2.05) is 0 Å². The second-order valence-electron chi connectivity index (χ2n) is 3.22. The normalized spacial score (nSPS) is 11.1. The van der Waals surface area contributed by atoms with Crippen LogP contribution in [0.2, 0.25) is 5.02 Å². The van der Waals surface area contributed by atoms with E-state index in [-0.39, 0.29) is 9.50 Å². The Hall–Kier alpha value is -0.920. The van der Waals surface area contributed by atoms with Gasteiger partial charge in [-0.2, -0.15) is 0 Å². The molecule has 0 unspecified atom stereocenters. The minimum Gasteiger partial charge on any atom is -0.268 e. The largest absolute Gasteiger partial charge is 0.268 e. The molecule has 8 heteroatoms. The molecule has 0 fully saturated rings. The van der Waals surface area contributed by atoms with Crippen molar-refractivity contribution in [1.29, 1.82) is 0 Å². The molecule has 0 saturated carbocycles. The van der Waals surface area contributed by atoms with E-state index < -0.39 is 33.1 Å². The predicted molar refractivity (Wildman–Crippen MR) is 70.6 cm³/mol. The molecule has 18 heavy (non-hydrogen) atoms. The molecule has 0 aliphatic carbocycles. The molecular formula is C10H8BrClFNO3S. The Labute approximate surface area is 117 Å². The maximum absolute atomic E-state index is 13.6. The van der Waals surface area contributed by atoms with Crippen LogP contribution in [0, 0.1) is 5.82 Å². The smallest absolute Gasteiger partial charge is 0.267 e. The summed E-state index contributed by atoms with van der Waals surface area (Å²) in [5.41, 5.74) is -0.448. The maximum atomic E-state index is 13.6. The standard InChI is InChI=1S/C10H8BrClFNO3S/c1-2-5-18(16,17)14-10(15)6-3-4-7(11)8(12)9(6)13/h2-4H,1,5H2,(H,14,15). The fourth-order valence-electron chi connectivity index (χ4n) is 1.09. The van der Waals surface area contributed by atoms with Crippen LogP contribution in [0.25, 0.3) is 0 Å². The second-order valence-corrected chi connectivity index (χ2v) is 6.22. The van der Waals surface area contributed by atoms with Crippen molar-refractivity contribution in [2.24, 2.45) is 0 Å². The first-order valence-corrected chi connectivity index (χ1v) is 7.40. The van der Waals surface area contributed by atoms with Gasteiger partial charge in [0, 0.05) is 4.47 Å². The number of halogens is 3. The number of amides is 1. The number of nitrogens with one attached hydrogen (secondary N) is 1. The Balaban J connectivity index is 3.06. The highest BCUT2D eigenvalue weighted by Crippen LogP contribution is 2.27. The van der Waals surface area contributed by atoms with Gasteiger partial charge in [-0.25, -0.2) is 17.5 Å². The van der Waals surface area contributed by atoms with Gasteiger partial charge in [0.25, 0.3) is 5.91 Å². The molecule has 0 heterocycles. The first-order valence-electron chi connectivity index (χ1n) is 4.57. The quantitative estimate of drug-likeness (QED) is 0.666. The molecule has 0 aliphatic heterocycles. The number of benzene rings is 1. The third-order valence-electron chi connectivity index (χ3n) is 1.87. The van der Waals surface area contributed by atoms with Crippen LogP contribution in [0.5, 0.6) is 0 Å². The summed E-state index contributed by atoms with van der Waals surface area (Å²) >= 11 is 8.57. The zero-order valence-electron chi connectivity index (χ0n) is 8.91. The summed E-state index contributed by atoms with van der Waals surface area (Å²) in [6.07, 6.45) is 1.11. The van der Waals surface area contributed by atoms with E-state index in [0.29, 0.717) is 0 Å². The molecule has 0 radical (unpaired) electrons. The van der Waals surface area contributed by atoms with Crippen LogP contribution in [-0.2, 0) is 10.0 Å². The van der Waals surface area contributed by atoms with Crippen molar-refractivity contribution in [1.82, 2.24) is 4.72 Å². The molecule has 1 N–H and O–H groups in total. The van der Waals surface area contributed by atoms with Gasteiger partial charge in [-0.05, 0) is 28.1 Å². The highest BCUT2D eigenvalue weighted by atomic mass is 79.9. The van der Waals surface area contributed by atoms with Crippen LogP contribution in [0.1, 0.15) is 10.4 Å². The molecule has 1 rings (SSSR count). The van der Waals surface area contributed by atoms with Crippen LogP contribution < -0.4 is 4.72 Å². The van der Waals surface area contributed by atoms with E-state index in [1.54, 1.807) is 4.72 Å². The topological polar surface area (TPSA) is 63.2 Å². The first kappa shape index (κ1) is 15.1. The zero-order chi connectivity index (χ0) is 13.9. The lowest BCUT2D eigenvalue weighted by atomic mass is 10.2. The number of hydrogen-bond acceptors (Lipinski definition) is 3. The fourth-order valence-corrected chi connectivity index (χ4v) is 2.35. The lowest BCUT2D eigenvalue weighted by Crippen LogP contribution is -2.32. The Morgan fingerprint density at radius 3 is 2.72 bits per heavy atom. The second kappa shape index (κ2) is 5.81. The van der Waals surface area contributed by atoms with E-state index >= 15 is 0 Å². The number of rotatable bonds is 4.